The molecule has 4 heteroatoms. The summed E-state index contributed by atoms with van der Waals surface area (Å²) in [6.07, 6.45) is -0.0372. The topological polar surface area (TPSA) is 55.1 Å². The van der Waals surface area contributed by atoms with Crippen molar-refractivity contribution < 1.29 is 9.90 Å². The Hall–Kier alpha value is -2.10. The molecule has 0 saturated heterocycles. The number of rotatable bonds is 3. The van der Waals surface area contributed by atoms with E-state index in [1.54, 1.807) is 0 Å². The molecule has 100 valence electrons. The number of carboxylic acids is 1. The molecule has 0 aliphatic heterocycles. The zero-order valence-corrected chi connectivity index (χ0v) is 11.7. The standard InChI is InChI=1S/C15H18N2O2/c1-9-5-6-12(7-10(9)2)15-16-13(8-14(18)19)11(3)17(15)4/h5-7H,8H2,1-4H3,(H,18,19). The minimum atomic E-state index is -0.854. The number of aryl methyl sites for hydroxylation is 2. The van der Waals surface area contributed by atoms with Crippen molar-refractivity contribution in [3.63, 3.8) is 0 Å². The van der Waals surface area contributed by atoms with Gasteiger partial charge < -0.3 is 9.67 Å². The summed E-state index contributed by atoms with van der Waals surface area (Å²) < 4.78 is 1.95. The molecule has 0 aliphatic carbocycles. The molecule has 2 rings (SSSR count). The lowest BCUT2D eigenvalue weighted by atomic mass is 10.1. The fourth-order valence-electron chi connectivity index (χ4n) is 2.09. The van der Waals surface area contributed by atoms with Gasteiger partial charge in [0, 0.05) is 18.3 Å². The van der Waals surface area contributed by atoms with Gasteiger partial charge >= 0.3 is 5.97 Å². The predicted octanol–water partition coefficient (Wildman–Crippen LogP) is 2.64. The molecule has 0 fully saturated rings. The Morgan fingerprint density at radius 3 is 2.53 bits per heavy atom. The van der Waals surface area contributed by atoms with E-state index < -0.39 is 5.97 Å². The summed E-state index contributed by atoms with van der Waals surface area (Å²) in [6, 6.07) is 6.17. The number of hydrogen-bond donors (Lipinski definition) is 1. The number of aromatic nitrogens is 2. The van der Waals surface area contributed by atoms with E-state index in [0.29, 0.717) is 5.69 Å². The molecule has 1 aromatic carbocycles. The van der Waals surface area contributed by atoms with Gasteiger partial charge in [0.2, 0.25) is 0 Å². The average molecular weight is 258 g/mol. The van der Waals surface area contributed by atoms with Crippen LogP contribution in [-0.4, -0.2) is 20.6 Å². The largest absolute Gasteiger partial charge is 0.481 e. The first-order valence-electron chi connectivity index (χ1n) is 6.21. The zero-order valence-electron chi connectivity index (χ0n) is 11.7. The second kappa shape index (κ2) is 4.88. The highest BCUT2D eigenvalue weighted by atomic mass is 16.4. The maximum Gasteiger partial charge on any atom is 0.309 e. The number of carboxylic acid groups (broad SMARTS) is 1. The second-order valence-corrected chi connectivity index (χ2v) is 4.90. The number of benzene rings is 1. The summed E-state index contributed by atoms with van der Waals surface area (Å²) in [5, 5.41) is 8.89. The molecule has 0 unspecified atom stereocenters. The lowest BCUT2D eigenvalue weighted by molar-refractivity contribution is -0.136. The number of aliphatic carboxylic acids is 1. The van der Waals surface area contributed by atoms with Crippen molar-refractivity contribution in [2.75, 3.05) is 0 Å². The second-order valence-electron chi connectivity index (χ2n) is 4.90. The molecule has 0 bridgehead atoms. The number of hydrogen-bond acceptors (Lipinski definition) is 2. The molecule has 0 atom stereocenters. The van der Waals surface area contributed by atoms with E-state index in [-0.39, 0.29) is 6.42 Å². The van der Waals surface area contributed by atoms with E-state index >= 15 is 0 Å². The molecule has 0 amide bonds. The molecule has 0 spiro atoms. The Bertz CT molecular complexity index is 642. The summed E-state index contributed by atoms with van der Waals surface area (Å²) >= 11 is 0. The van der Waals surface area contributed by atoms with Crippen LogP contribution in [0.1, 0.15) is 22.5 Å². The van der Waals surface area contributed by atoms with Gasteiger partial charge in [0.1, 0.15) is 5.82 Å². The summed E-state index contributed by atoms with van der Waals surface area (Å²) in [7, 11) is 1.91. The van der Waals surface area contributed by atoms with Crippen LogP contribution in [0.4, 0.5) is 0 Å². The van der Waals surface area contributed by atoms with Gasteiger partial charge in [-0.05, 0) is 38.0 Å². The molecule has 1 heterocycles. The maximum absolute atomic E-state index is 10.8. The van der Waals surface area contributed by atoms with Crippen molar-refractivity contribution in [3.8, 4) is 11.4 Å². The third kappa shape index (κ3) is 2.52. The smallest absolute Gasteiger partial charge is 0.309 e. The van der Waals surface area contributed by atoms with E-state index in [9.17, 15) is 4.79 Å². The Balaban J connectivity index is 2.50. The van der Waals surface area contributed by atoms with Crippen LogP contribution >= 0.6 is 0 Å². The lowest BCUT2D eigenvalue weighted by Crippen LogP contribution is -2.02. The normalized spacial score (nSPS) is 10.7. The highest BCUT2D eigenvalue weighted by molar-refractivity contribution is 5.70. The van der Waals surface area contributed by atoms with Gasteiger partial charge in [-0.15, -0.1) is 0 Å². The molecule has 0 aliphatic rings. The molecule has 4 nitrogen and oxygen atoms in total. The van der Waals surface area contributed by atoms with Gasteiger partial charge in [0.05, 0.1) is 12.1 Å². The summed E-state index contributed by atoms with van der Waals surface area (Å²) in [5.74, 6) is -0.0373. The highest BCUT2D eigenvalue weighted by Gasteiger charge is 2.15. The SMILES string of the molecule is Cc1ccc(-c2nc(CC(=O)O)c(C)n2C)cc1C. The summed E-state index contributed by atoms with van der Waals surface area (Å²) in [5.41, 5.74) is 4.99. The number of nitrogens with zero attached hydrogens (tertiary/aromatic N) is 2. The third-order valence-electron chi connectivity index (χ3n) is 3.56. The molecule has 19 heavy (non-hydrogen) atoms. The van der Waals surface area contributed by atoms with Crippen LogP contribution in [0.15, 0.2) is 18.2 Å². The minimum Gasteiger partial charge on any atom is -0.481 e. The van der Waals surface area contributed by atoms with E-state index in [1.807, 2.05) is 24.6 Å². The Kier molecular flexibility index (Phi) is 3.42. The monoisotopic (exact) mass is 258 g/mol. The van der Waals surface area contributed by atoms with Crippen LogP contribution in [0, 0.1) is 20.8 Å². The first-order valence-corrected chi connectivity index (χ1v) is 6.21. The van der Waals surface area contributed by atoms with Crippen molar-refractivity contribution >= 4 is 5.97 Å². The fraction of sp³-hybridized carbons (Fsp3) is 0.333. The maximum atomic E-state index is 10.8. The van der Waals surface area contributed by atoms with E-state index in [2.05, 4.69) is 31.0 Å². The third-order valence-corrected chi connectivity index (χ3v) is 3.56. The quantitative estimate of drug-likeness (QED) is 0.920. The number of imidazole rings is 1. The minimum absolute atomic E-state index is 0.0372. The van der Waals surface area contributed by atoms with Gasteiger partial charge in [-0.1, -0.05) is 12.1 Å². The van der Waals surface area contributed by atoms with Crippen LogP contribution in [-0.2, 0) is 18.3 Å². The molecular formula is C15H18N2O2. The van der Waals surface area contributed by atoms with Crippen molar-refractivity contribution in [2.45, 2.75) is 27.2 Å². The van der Waals surface area contributed by atoms with Crippen molar-refractivity contribution in [2.24, 2.45) is 7.05 Å². The van der Waals surface area contributed by atoms with Crippen molar-refractivity contribution in [1.29, 1.82) is 0 Å². The van der Waals surface area contributed by atoms with Crippen LogP contribution in [0.2, 0.25) is 0 Å². The Labute approximate surface area is 112 Å². The van der Waals surface area contributed by atoms with E-state index in [4.69, 9.17) is 5.11 Å². The van der Waals surface area contributed by atoms with Crippen LogP contribution in [0.3, 0.4) is 0 Å². The first-order chi connectivity index (χ1) is 8.90. The van der Waals surface area contributed by atoms with Gasteiger partial charge in [-0.3, -0.25) is 4.79 Å². The lowest BCUT2D eigenvalue weighted by Gasteiger charge is -2.06. The summed E-state index contributed by atoms with van der Waals surface area (Å²) in [4.78, 5) is 15.3. The van der Waals surface area contributed by atoms with E-state index in [1.165, 1.54) is 11.1 Å². The highest BCUT2D eigenvalue weighted by Crippen LogP contribution is 2.23. The summed E-state index contributed by atoms with van der Waals surface area (Å²) in [6.45, 7) is 6.03. The van der Waals surface area contributed by atoms with Crippen LogP contribution < -0.4 is 0 Å². The molecule has 1 N–H and O–H groups in total. The predicted molar refractivity (Wildman–Crippen MR) is 74.2 cm³/mol. The van der Waals surface area contributed by atoms with Gasteiger partial charge in [0.25, 0.3) is 0 Å². The number of carbonyl (C=O) groups is 1. The van der Waals surface area contributed by atoms with Crippen molar-refractivity contribution in [3.05, 3.63) is 40.7 Å². The van der Waals surface area contributed by atoms with Crippen LogP contribution in [0.25, 0.3) is 11.4 Å². The molecule has 0 radical (unpaired) electrons. The Morgan fingerprint density at radius 2 is 1.95 bits per heavy atom. The molecule has 1 aromatic heterocycles. The van der Waals surface area contributed by atoms with Crippen molar-refractivity contribution in [1.82, 2.24) is 9.55 Å². The first kappa shape index (κ1) is 13.3. The molecular weight excluding hydrogens is 240 g/mol. The van der Waals surface area contributed by atoms with E-state index in [0.717, 1.165) is 17.1 Å². The Morgan fingerprint density at radius 1 is 1.26 bits per heavy atom. The molecule has 0 saturated carbocycles. The zero-order chi connectivity index (χ0) is 14.2. The van der Waals surface area contributed by atoms with Gasteiger partial charge in [0.15, 0.2) is 0 Å². The van der Waals surface area contributed by atoms with Crippen LogP contribution in [0.5, 0.6) is 0 Å². The van der Waals surface area contributed by atoms with Gasteiger partial charge in [-0.2, -0.15) is 0 Å². The fourth-order valence-corrected chi connectivity index (χ4v) is 2.09. The molecule has 2 aromatic rings. The van der Waals surface area contributed by atoms with Gasteiger partial charge in [-0.25, -0.2) is 4.98 Å². The average Bonchev–Trinajstić information content (AvgIpc) is 2.60.